The van der Waals surface area contributed by atoms with Gasteiger partial charge in [-0.25, -0.2) is 4.79 Å². The minimum Gasteiger partial charge on any atom is -0.467 e. The third-order valence-electron chi connectivity index (χ3n) is 3.38. The largest absolute Gasteiger partial charge is 0.467 e. The van der Waals surface area contributed by atoms with Crippen LogP contribution in [0.15, 0.2) is 18.5 Å². The van der Waals surface area contributed by atoms with Crippen LogP contribution >= 0.6 is 11.6 Å². The number of esters is 1. The van der Waals surface area contributed by atoms with Gasteiger partial charge in [-0.05, 0) is 18.9 Å². The van der Waals surface area contributed by atoms with Crippen molar-refractivity contribution in [1.29, 1.82) is 0 Å². The van der Waals surface area contributed by atoms with Crippen molar-refractivity contribution in [2.24, 2.45) is 0 Å². The van der Waals surface area contributed by atoms with E-state index in [-0.39, 0.29) is 11.9 Å². The van der Waals surface area contributed by atoms with E-state index < -0.39 is 12.0 Å². The number of halogens is 1. The van der Waals surface area contributed by atoms with E-state index in [1.54, 1.807) is 18.5 Å². The number of carbonyl (C=O) groups excluding carboxylic acids is 2. The number of ether oxygens (including phenoxy) is 1. The number of methoxy groups -OCH3 is 1. The minimum absolute atomic E-state index is 0.169. The fourth-order valence-corrected chi connectivity index (χ4v) is 2.79. The van der Waals surface area contributed by atoms with Crippen molar-refractivity contribution in [3.8, 4) is 0 Å². The topological polar surface area (TPSA) is 59.5 Å². The van der Waals surface area contributed by atoms with Crippen molar-refractivity contribution >= 4 is 23.5 Å². The zero-order valence-corrected chi connectivity index (χ0v) is 11.6. The molecule has 0 unspecified atom stereocenters. The van der Waals surface area contributed by atoms with Crippen LogP contribution < -0.4 is 0 Å². The Hall–Kier alpha value is -1.62. The Morgan fingerprint density at radius 3 is 2.79 bits per heavy atom. The molecule has 0 aromatic carbocycles. The maximum absolute atomic E-state index is 11.8. The van der Waals surface area contributed by atoms with Gasteiger partial charge in [0.05, 0.1) is 13.2 Å². The summed E-state index contributed by atoms with van der Waals surface area (Å²) < 4.78 is 4.75. The van der Waals surface area contributed by atoms with E-state index in [1.165, 1.54) is 18.9 Å². The molecule has 1 aliphatic rings. The number of likely N-dealkylation sites (tertiary alicyclic amines) is 1. The van der Waals surface area contributed by atoms with Gasteiger partial charge in [-0.2, -0.15) is 0 Å². The molecule has 19 heavy (non-hydrogen) atoms. The van der Waals surface area contributed by atoms with E-state index in [9.17, 15) is 9.59 Å². The quantitative estimate of drug-likeness (QED) is 0.778. The summed E-state index contributed by atoms with van der Waals surface area (Å²) in [5, 5.41) is 0.553. The summed E-state index contributed by atoms with van der Waals surface area (Å²) in [5.41, 5.74) is 0.769. The molecular formula is C13H15ClN2O3. The molecule has 2 heterocycles. The van der Waals surface area contributed by atoms with Gasteiger partial charge in [-0.3, -0.25) is 9.78 Å². The van der Waals surface area contributed by atoms with Crippen molar-refractivity contribution in [3.63, 3.8) is 0 Å². The van der Waals surface area contributed by atoms with Crippen LogP contribution in [0.25, 0.3) is 0 Å². The van der Waals surface area contributed by atoms with Crippen molar-refractivity contribution < 1.29 is 14.3 Å². The van der Waals surface area contributed by atoms with Crippen LogP contribution in [-0.2, 0) is 14.3 Å². The number of hydrogen-bond donors (Lipinski definition) is 0. The molecule has 0 spiro atoms. The molecule has 5 nitrogen and oxygen atoms in total. The normalized spacial score (nSPS) is 22.4. The highest BCUT2D eigenvalue weighted by molar-refractivity contribution is 6.31. The molecule has 1 aromatic rings. The third-order valence-corrected chi connectivity index (χ3v) is 3.72. The maximum atomic E-state index is 11.8. The van der Waals surface area contributed by atoms with E-state index in [1.807, 2.05) is 0 Å². The molecule has 1 saturated heterocycles. The van der Waals surface area contributed by atoms with E-state index in [4.69, 9.17) is 16.3 Å². The molecule has 1 aromatic heterocycles. The third kappa shape index (κ3) is 2.56. The highest BCUT2D eigenvalue weighted by Crippen LogP contribution is 2.38. The molecule has 1 amide bonds. The predicted octanol–water partition coefficient (Wildman–Crippen LogP) is 1.96. The fourth-order valence-electron chi connectivity index (χ4n) is 2.56. The van der Waals surface area contributed by atoms with Crippen molar-refractivity contribution in [1.82, 2.24) is 9.88 Å². The number of pyridine rings is 1. The van der Waals surface area contributed by atoms with Crippen LogP contribution in [0.2, 0.25) is 5.02 Å². The maximum Gasteiger partial charge on any atom is 0.328 e. The molecule has 0 radical (unpaired) electrons. The minimum atomic E-state index is -0.538. The first-order chi connectivity index (χ1) is 9.06. The first-order valence-electron chi connectivity index (χ1n) is 6.02. The van der Waals surface area contributed by atoms with E-state index in [0.29, 0.717) is 17.9 Å². The molecule has 0 saturated carbocycles. The van der Waals surface area contributed by atoms with Gasteiger partial charge in [0.1, 0.15) is 6.04 Å². The van der Waals surface area contributed by atoms with Gasteiger partial charge in [-0.15, -0.1) is 0 Å². The zero-order valence-electron chi connectivity index (χ0n) is 10.8. The van der Waals surface area contributed by atoms with Gasteiger partial charge in [0.25, 0.3) is 0 Å². The second-order valence-electron chi connectivity index (χ2n) is 4.46. The van der Waals surface area contributed by atoms with Gasteiger partial charge in [0.15, 0.2) is 0 Å². The Labute approximate surface area is 116 Å². The summed E-state index contributed by atoms with van der Waals surface area (Å²) >= 11 is 6.14. The summed E-state index contributed by atoms with van der Waals surface area (Å²) in [6.07, 6.45) is 4.48. The molecule has 1 aliphatic heterocycles. The Bertz CT molecular complexity index is 506. The monoisotopic (exact) mass is 282 g/mol. The zero-order chi connectivity index (χ0) is 14.0. The number of hydrogen-bond acceptors (Lipinski definition) is 4. The Balaban J connectivity index is 2.34. The van der Waals surface area contributed by atoms with Crippen molar-refractivity contribution in [3.05, 3.63) is 29.0 Å². The Morgan fingerprint density at radius 1 is 1.47 bits per heavy atom. The van der Waals surface area contributed by atoms with Crippen LogP contribution in [0.3, 0.4) is 0 Å². The highest BCUT2D eigenvalue weighted by atomic mass is 35.5. The molecule has 1 fully saturated rings. The molecule has 102 valence electrons. The van der Waals surface area contributed by atoms with E-state index >= 15 is 0 Å². The summed E-state index contributed by atoms with van der Waals surface area (Å²) in [6, 6.07) is 0.923. The Morgan fingerprint density at radius 2 is 2.21 bits per heavy atom. The lowest BCUT2D eigenvalue weighted by Gasteiger charge is -2.28. The number of nitrogens with zero attached hydrogens (tertiary/aromatic N) is 2. The standard InChI is InChI=1S/C13H15ClN2O3/c1-8(17)16-11(3-4-12(16)13(18)19-2)9-7-15-6-5-10(9)14/h5-7,11-12H,3-4H2,1-2H3/t11-,12-/m0/s1. The van der Waals surface area contributed by atoms with Crippen LogP contribution in [0.5, 0.6) is 0 Å². The van der Waals surface area contributed by atoms with Crippen LogP contribution in [0.1, 0.15) is 31.4 Å². The summed E-state index contributed by atoms with van der Waals surface area (Å²) in [5.74, 6) is -0.560. The average molecular weight is 283 g/mol. The predicted molar refractivity (Wildman–Crippen MR) is 69.5 cm³/mol. The summed E-state index contributed by atoms with van der Waals surface area (Å²) in [4.78, 5) is 29.1. The number of carbonyl (C=O) groups is 2. The van der Waals surface area contributed by atoms with Gasteiger partial charge in [-0.1, -0.05) is 11.6 Å². The second kappa shape index (κ2) is 5.57. The lowest BCUT2D eigenvalue weighted by Crippen LogP contribution is -2.41. The van der Waals surface area contributed by atoms with Crippen LogP contribution in [-0.4, -0.2) is 34.9 Å². The second-order valence-corrected chi connectivity index (χ2v) is 4.86. The molecular weight excluding hydrogens is 268 g/mol. The molecule has 2 atom stereocenters. The highest BCUT2D eigenvalue weighted by Gasteiger charge is 2.41. The first kappa shape index (κ1) is 13.8. The molecule has 2 rings (SSSR count). The molecule has 0 aliphatic carbocycles. The molecule has 6 heteroatoms. The lowest BCUT2D eigenvalue weighted by atomic mass is 10.1. The number of amides is 1. The van der Waals surface area contributed by atoms with Crippen LogP contribution in [0.4, 0.5) is 0 Å². The van der Waals surface area contributed by atoms with E-state index in [0.717, 1.165) is 5.56 Å². The lowest BCUT2D eigenvalue weighted by molar-refractivity contribution is -0.151. The fraction of sp³-hybridized carbons (Fsp3) is 0.462. The van der Waals surface area contributed by atoms with Crippen molar-refractivity contribution in [2.75, 3.05) is 7.11 Å². The number of rotatable bonds is 2. The smallest absolute Gasteiger partial charge is 0.328 e. The van der Waals surface area contributed by atoms with Gasteiger partial charge in [0, 0.05) is 29.9 Å². The molecule has 0 N–H and O–H groups in total. The first-order valence-corrected chi connectivity index (χ1v) is 6.40. The average Bonchev–Trinajstić information content (AvgIpc) is 2.83. The van der Waals surface area contributed by atoms with Gasteiger partial charge >= 0.3 is 5.97 Å². The van der Waals surface area contributed by atoms with Crippen LogP contribution in [0, 0.1) is 0 Å². The van der Waals surface area contributed by atoms with Crippen molar-refractivity contribution in [2.45, 2.75) is 31.8 Å². The van der Waals surface area contributed by atoms with Gasteiger partial charge in [0.2, 0.25) is 5.91 Å². The number of aromatic nitrogens is 1. The Kier molecular flexibility index (Phi) is 4.04. The summed E-state index contributed by atoms with van der Waals surface area (Å²) in [6.45, 7) is 1.44. The summed E-state index contributed by atoms with van der Waals surface area (Å²) in [7, 11) is 1.32. The van der Waals surface area contributed by atoms with Gasteiger partial charge < -0.3 is 9.64 Å². The van der Waals surface area contributed by atoms with E-state index in [2.05, 4.69) is 4.98 Å². The SMILES string of the molecule is COC(=O)[C@@H]1CC[C@@H](c2cnccc2Cl)N1C(C)=O. The molecule has 0 bridgehead atoms.